The van der Waals surface area contributed by atoms with Crippen LogP contribution in [0, 0.1) is 10.1 Å². The van der Waals surface area contributed by atoms with E-state index in [2.05, 4.69) is 31.3 Å². The van der Waals surface area contributed by atoms with Crippen LogP contribution in [-0.4, -0.2) is 28.8 Å². The third-order valence-corrected chi connectivity index (χ3v) is 3.69. The van der Waals surface area contributed by atoms with E-state index in [1.54, 1.807) is 12.1 Å². The van der Waals surface area contributed by atoms with Gasteiger partial charge in [-0.15, -0.1) is 0 Å². The first kappa shape index (κ1) is 19.9. The molecule has 0 aliphatic carbocycles. The van der Waals surface area contributed by atoms with Crippen molar-refractivity contribution in [3.8, 4) is 11.5 Å². The second-order valence-corrected chi connectivity index (χ2v) is 6.86. The number of phenols is 1. The summed E-state index contributed by atoms with van der Waals surface area (Å²) in [6.45, 7) is 6.10. The smallest absolute Gasteiger partial charge is 0.311 e. The summed E-state index contributed by atoms with van der Waals surface area (Å²) < 4.78 is 5.40. The number of carbonyl (C=O) groups is 1. The first-order chi connectivity index (χ1) is 12.7. The van der Waals surface area contributed by atoms with Gasteiger partial charge < -0.3 is 9.84 Å². The molecule has 0 saturated carbocycles. The SMILES string of the molecule is CC(C)(C)c1ccc(OCC(=O)N/N=C\c2ccc(O)c([N+](=O)[O-])c2)cc1. The van der Waals surface area contributed by atoms with E-state index in [1.807, 2.05) is 12.1 Å². The van der Waals surface area contributed by atoms with E-state index in [9.17, 15) is 20.0 Å². The van der Waals surface area contributed by atoms with Gasteiger partial charge in [0, 0.05) is 11.6 Å². The Bertz CT molecular complexity index is 855. The topological polar surface area (TPSA) is 114 Å². The summed E-state index contributed by atoms with van der Waals surface area (Å²) in [5.74, 6) is -0.345. The van der Waals surface area contributed by atoms with Crippen LogP contribution >= 0.6 is 0 Å². The minimum absolute atomic E-state index is 0.0356. The molecule has 0 aliphatic heterocycles. The lowest BCUT2D eigenvalue weighted by atomic mass is 9.87. The highest BCUT2D eigenvalue weighted by atomic mass is 16.6. The van der Waals surface area contributed by atoms with Gasteiger partial charge in [0.05, 0.1) is 11.1 Å². The second kappa shape index (κ2) is 8.31. The highest BCUT2D eigenvalue weighted by molar-refractivity contribution is 5.84. The van der Waals surface area contributed by atoms with Crippen molar-refractivity contribution in [2.24, 2.45) is 5.10 Å². The maximum atomic E-state index is 11.8. The average molecular weight is 371 g/mol. The number of nitrogens with one attached hydrogen (secondary N) is 1. The fourth-order valence-electron chi connectivity index (χ4n) is 2.18. The van der Waals surface area contributed by atoms with Gasteiger partial charge in [-0.05, 0) is 35.2 Å². The lowest BCUT2D eigenvalue weighted by molar-refractivity contribution is -0.385. The average Bonchev–Trinajstić information content (AvgIpc) is 2.60. The molecule has 0 spiro atoms. The number of rotatable bonds is 6. The number of phenolic OH excluding ortho intramolecular Hbond substituents is 1. The molecule has 0 radical (unpaired) electrons. The van der Waals surface area contributed by atoms with E-state index in [-0.39, 0.29) is 12.0 Å². The zero-order chi connectivity index (χ0) is 20.0. The number of hydrazone groups is 1. The highest BCUT2D eigenvalue weighted by Crippen LogP contribution is 2.25. The van der Waals surface area contributed by atoms with E-state index < -0.39 is 22.3 Å². The molecular formula is C19H21N3O5. The molecule has 2 N–H and O–H groups in total. The van der Waals surface area contributed by atoms with E-state index in [0.717, 1.165) is 11.6 Å². The Kier molecular flexibility index (Phi) is 6.12. The Hall–Kier alpha value is -3.42. The number of hydrogen-bond donors (Lipinski definition) is 2. The number of nitro groups is 1. The maximum Gasteiger partial charge on any atom is 0.311 e. The normalized spacial score (nSPS) is 11.4. The summed E-state index contributed by atoms with van der Waals surface area (Å²) in [5, 5.41) is 23.9. The molecule has 0 saturated heterocycles. The standard InChI is InChI=1S/C19H21N3O5/c1-19(2,3)14-5-7-15(8-6-14)27-12-18(24)21-20-11-13-4-9-17(23)16(10-13)22(25)26/h4-11,23H,12H2,1-3H3,(H,21,24)/b20-11-. The Morgan fingerprint density at radius 1 is 1.26 bits per heavy atom. The molecular weight excluding hydrogens is 350 g/mol. The monoisotopic (exact) mass is 371 g/mol. The number of aromatic hydroxyl groups is 1. The van der Waals surface area contributed by atoms with Gasteiger partial charge in [-0.2, -0.15) is 5.10 Å². The largest absolute Gasteiger partial charge is 0.502 e. The lowest BCUT2D eigenvalue weighted by Gasteiger charge is -2.19. The summed E-state index contributed by atoms with van der Waals surface area (Å²) in [5.41, 5.74) is 3.39. The van der Waals surface area contributed by atoms with Crippen LogP contribution < -0.4 is 10.2 Å². The number of nitro benzene ring substituents is 1. The predicted molar refractivity (Wildman–Crippen MR) is 101 cm³/mol. The molecule has 27 heavy (non-hydrogen) atoms. The van der Waals surface area contributed by atoms with Crippen LogP contribution in [0.25, 0.3) is 0 Å². The zero-order valence-corrected chi connectivity index (χ0v) is 15.3. The van der Waals surface area contributed by atoms with Crippen molar-refractivity contribution < 1.29 is 19.6 Å². The van der Waals surface area contributed by atoms with Gasteiger partial charge in [-0.3, -0.25) is 14.9 Å². The predicted octanol–water partition coefficient (Wildman–Crippen LogP) is 3.13. The minimum atomic E-state index is -0.704. The van der Waals surface area contributed by atoms with Gasteiger partial charge in [0.25, 0.3) is 5.91 Å². The van der Waals surface area contributed by atoms with Crippen LogP contribution in [0.15, 0.2) is 47.6 Å². The molecule has 142 valence electrons. The van der Waals surface area contributed by atoms with E-state index in [4.69, 9.17) is 4.74 Å². The second-order valence-electron chi connectivity index (χ2n) is 6.86. The van der Waals surface area contributed by atoms with Crippen LogP contribution in [0.1, 0.15) is 31.9 Å². The highest BCUT2D eigenvalue weighted by Gasteiger charge is 2.14. The molecule has 0 unspecified atom stereocenters. The third kappa shape index (κ3) is 5.81. The van der Waals surface area contributed by atoms with E-state index in [1.165, 1.54) is 18.3 Å². The van der Waals surface area contributed by atoms with Crippen molar-refractivity contribution in [1.82, 2.24) is 5.43 Å². The summed E-state index contributed by atoms with van der Waals surface area (Å²) >= 11 is 0. The minimum Gasteiger partial charge on any atom is -0.502 e. The Balaban J connectivity index is 1.87. The Labute approximate surface area is 156 Å². The van der Waals surface area contributed by atoms with Gasteiger partial charge in [-0.1, -0.05) is 32.9 Å². The van der Waals surface area contributed by atoms with E-state index >= 15 is 0 Å². The van der Waals surface area contributed by atoms with Crippen molar-refractivity contribution in [2.75, 3.05) is 6.61 Å². The zero-order valence-electron chi connectivity index (χ0n) is 15.3. The van der Waals surface area contributed by atoms with Crippen LogP contribution in [0.2, 0.25) is 0 Å². The molecule has 0 heterocycles. The number of nitrogens with zero attached hydrogens (tertiary/aromatic N) is 2. The molecule has 0 aliphatic rings. The van der Waals surface area contributed by atoms with Crippen molar-refractivity contribution in [2.45, 2.75) is 26.2 Å². The lowest BCUT2D eigenvalue weighted by Crippen LogP contribution is -2.24. The van der Waals surface area contributed by atoms with Gasteiger partial charge in [-0.25, -0.2) is 5.43 Å². The van der Waals surface area contributed by atoms with Crippen molar-refractivity contribution in [3.05, 3.63) is 63.7 Å². The van der Waals surface area contributed by atoms with Crippen molar-refractivity contribution in [1.29, 1.82) is 0 Å². The number of hydrogen-bond acceptors (Lipinski definition) is 6. The van der Waals surface area contributed by atoms with Gasteiger partial charge in [0.15, 0.2) is 12.4 Å². The van der Waals surface area contributed by atoms with Crippen LogP contribution in [0.4, 0.5) is 5.69 Å². The van der Waals surface area contributed by atoms with Crippen molar-refractivity contribution >= 4 is 17.8 Å². The molecule has 8 nitrogen and oxygen atoms in total. The maximum absolute atomic E-state index is 11.8. The summed E-state index contributed by atoms with van der Waals surface area (Å²) in [4.78, 5) is 21.8. The molecule has 2 aromatic carbocycles. The van der Waals surface area contributed by atoms with Gasteiger partial charge in [0.1, 0.15) is 5.75 Å². The third-order valence-electron chi connectivity index (χ3n) is 3.69. The first-order valence-electron chi connectivity index (χ1n) is 8.19. The molecule has 0 aromatic heterocycles. The molecule has 8 heteroatoms. The fourth-order valence-corrected chi connectivity index (χ4v) is 2.18. The number of amides is 1. The molecule has 0 fully saturated rings. The van der Waals surface area contributed by atoms with Gasteiger partial charge >= 0.3 is 5.69 Å². The Morgan fingerprint density at radius 3 is 2.52 bits per heavy atom. The molecule has 0 atom stereocenters. The van der Waals surface area contributed by atoms with Crippen LogP contribution in [0.5, 0.6) is 11.5 Å². The summed E-state index contributed by atoms with van der Waals surface area (Å²) in [7, 11) is 0. The quantitative estimate of drug-likeness (QED) is 0.460. The first-order valence-corrected chi connectivity index (χ1v) is 8.19. The number of ether oxygens (including phenoxy) is 1. The van der Waals surface area contributed by atoms with Gasteiger partial charge in [0.2, 0.25) is 0 Å². The molecule has 0 bridgehead atoms. The summed E-state index contributed by atoms with van der Waals surface area (Å²) in [6.07, 6.45) is 1.24. The number of benzene rings is 2. The fraction of sp³-hybridized carbons (Fsp3) is 0.263. The Morgan fingerprint density at radius 2 is 1.93 bits per heavy atom. The van der Waals surface area contributed by atoms with Crippen LogP contribution in [0.3, 0.4) is 0 Å². The molecule has 2 rings (SSSR count). The summed E-state index contributed by atoms with van der Waals surface area (Å²) in [6, 6.07) is 11.3. The van der Waals surface area contributed by atoms with Crippen molar-refractivity contribution in [3.63, 3.8) is 0 Å². The van der Waals surface area contributed by atoms with E-state index in [0.29, 0.717) is 11.3 Å². The molecule has 2 aromatic rings. The molecule has 1 amide bonds. The van der Waals surface area contributed by atoms with Crippen LogP contribution in [-0.2, 0) is 10.2 Å². The number of carbonyl (C=O) groups excluding carboxylic acids is 1.